The molecule has 2 aliphatic heterocycles. The Bertz CT molecular complexity index is 1630. The lowest BCUT2D eigenvalue weighted by atomic mass is 10.1. The second-order valence-electron chi connectivity index (χ2n) is 11.7. The van der Waals surface area contributed by atoms with Gasteiger partial charge in [0.25, 0.3) is 0 Å². The molecule has 0 radical (unpaired) electrons. The maximum atomic E-state index is 8.49. The summed E-state index contributed by atoms with van der Waals surface area (Å²) in [5.41, 5.74) is 7.98. The zero-order valence-corrected chi connectivity index (χ0v) is 30.3. The minimum atomic E-state index is -4.94. The fourth-order valence-corrected chi connectivity index (χ4v) is 5.53. The van der Waals surface area contributed by atoms with Crippen molar-refractivity contribution in [2.24, 2.45) is 0 Å². The highest BCUT2D eigenvalue weighted by atomic mass is 35.7. The van der Waals surface area contributed by atoms with Crippen molar-refractivity contribution in [1.82, 2.24) is 0 Å². The van der Waals surface area contributed by atoms with Gasteiger partial charge in [0.1, 0.15) is 22.3 Å². The number of aryl methyl sites for hydroxylation is 3. The summed E-state index contributed by atoms with van der Waals surface area (Å²) in [6.07, 6.45) is 20.7. The molecule has 5 rings (SSSR count). The minimum Gasteiger partial charge on any atom is -0.456 e. The smallest absolute Gasteiger partial charge is 0.366 e. The molecule has 0 aromatic carbocycles. The molecule has 0 atom stereocenters. The third kappa shape index (κ3) is 13.2. The average Bonchev–Trinajstić information content (AvgIpc) is 3.85. The molecule has 0 saturated heterocycles. The van der Waals surface area contributed by atoms with Crippen LogP contribution in [-0.2, 0) is 25.7 Å². The van der Waals surface area contributed by atoms with Crippen LogP contribution in [-0.4, -0.2) is 0 Å². The predicted octanol–water partition coefficient (Wildman–Crippen LogP) is 2.00. The lowest BCUT2D eigenvalue weighted by molar-refractivity contribution is -2.00. The molecule has 5 heterocycles. The van der Waals surface area contributed by atoms with E-state index in [1.54, 1.807) is 0 Å². The Balaban J connectivity index is 0.000000595. The first-order chi connectivity index (χ1) is 23.7. The molecule has 50 heavy (non-hydrogen) atoms. The summed E-state index contributed by atoms with van der Waals surface area (Å²) in [5.74, 6) is 3.51. The van der Waals surface area contributed by atoms with Crippen LogP contribution in [0.1, 0.15) is 124 Å². The largest absolute Gasteiger partial charge is 0.456 e. The molecule has 3 aromatic rings. The van der Waals surface area contributed by atoms with Gasteiger partial charge in [0, 0.05) is 5.56 Å². The summed E-state index contributed by atoms with van der Waals surface area (Å²) < 4.78 is 94.4. The van der Waals surface area contributed by atoms with Crippen LogP contribution in [0.25, 0.3) is 46.6 Å². The zero-order valence-electron chi connectivity index (χ0n) is 28.8. The molecule has 2 aliphatic rings. The topological polar surface area (TPSA) is 233 Å². The molecule has 0 spiro atoms. The van der Waals surface area contributed by atoms with Crippen molar-refractivity contribution in [3.63, 3.8) is 0 Å². The van der Waals surface area contributed by atoms with Gasteiger partial charge >= 0.3 is 23.0 Å². The number of unbranched alkanes of at least 4 members (excludes halogenated alkanes) is 4. The highest BCUT2D eigenvalue weighted by molar-refractivity contribution is 5.79. The number of furan rings is 2. The maximum Gasteiger partial charge on any atom is 0.366 e. The van der Waals surface area contributed by atoms with Crippen molar-refractivity contribution in [3.8, 4) is 0 Å². The SMILES string of the molecule is CCCCc1c2[o+]c(c(CCCC)c3ccc(o3)c(CCCC)c3ccc(o3)c(CCCC)c3[o+]c1C=C3)C=C2.[O-][Cl+3]([O-])([O-])[O-].[O-][Cl+3]([O-])([O-])[O-]. The van der Waals surface area contributed by atoms with Crippen molar-refractivity contribution in [1.29, 1.82) is 0 Å². The van der Waals surface area contributed by atoms with Gasteiger partial charge in [-0.25, -0.2) is 46.1 Å². The quantitative estimate of drug-likeness (QED) is 0.167. The van der Waals surface area contributed by atoms with Gasteiger partial charge in [-0.1, -0.05) is 53.4 Å². The Morgan fingerprint density at radius 1 is 0.420 bits per heavy atom. The van der Waals surface area contributed by atoms with Crippen LogP contribution in [0.4, 0.5) is 0 Å². The molecule has 0 fully saturated rings. The third-order valence-corrected chi connectivity index (χ3v) is 7.92. The lowest BCUT2D eigenvalue weighted by Gasteiger charge is -2.17. The molecule has 0 saturated carbocycles. The molecule has 8 bridgehead atoms. The van der Waals surface area contributed by atoms with Crippen LogP contribution < -0.4 is 37.3 Å². The van der Waals surface area contributed by atoms with E-state index in [1.165, 1.54) is 0 Å². The fraction of sp³-hybridized carbons (Fsp3) is 0.444. The van der Waals surface area contributed by atoms with E-state index in [4.69, 9.17) is 54.9 Å². The van der Waals surface area contributed by atoms with Crippen molar-refractivity contribution in [2.75, 3.05) is 0 Å². The van der Waals surface area contributed by atoms with E-state index in [2.05, 4.69) is 76.3 Å². The standard InChI is InChI=1S/C36H44O4.2ClHO4/c1-5-9-13-25-29-17-19-31(37-29)26(14-10-6-2)33-21-23-35(39-33)28(16-12-8-4)36-24-22-34(40-36)27(15-11-7-3)32-20-18-30(25)38-32;2*2-1(3,4)5/h17-24H,5-16H2,1-4H3;2*(H,2,3,4,5)/q+2;;/p-2. The van der Waals surface area contributed by atoms with Gasteiger partial charge in [-0.2, -0.15) is 0 Å². The van der Waals surface area contributed by atoms with Crippen LogP contribution >= 0.6 is 0 Å². The minimum absolute atomic E-state index is 0.878. The Morgan fingerprint density at radius 3 is 0.960 bits per heavy atom. The van der Waals surface area contributed by atoms with Crippen LogP contribution in [0.2, 0.25) is 0 Å². The van der Waals surface area contributed by atoms with Gasteiger partial charge in [-0.05, 0) is 75.6 Å². The highest BCUT2D eigenvalue weighted by Gasteiger charge is 2.31. The molecule has 274 valence electrons. The fourth-order valence-electron chi connectivity index (χ4n) is 5.53. The van der Waals surface area contributed by atoms with Crippen molar-refractivity contribution >= 4 is 46.6 Å². The van der Waals surface area contributed by atoms with E-state index < -0.39 is 20.5 Å². The summed E-state index contributed by atoms with van der Waals surface area (Å²) in [4.78, 5) is 0. The summed E-state index contributed by atoms with van der Waals surface area (Å²) in [6.45, 7) is 8.89. The van der Waals surface area contributed by atoms with E-state index in [-0.39, 0.29) is 0 Å². The van der Waals surface area contributed by atoms with Crippen molar-refractivity contribution in [2.45, 2.75) is 105 Å². The molecule has 0 N–H and O–H groups in total. The van der Waals surface area contributed by atoms with Gasteiger partial charge < -0.3 is 8.83 Å². The van der Waals surface area contributed by atoms with E-state index in [0.29, 0.717) is 0 Å². The Labute approximate surface area is 295 Å². The molecular weight excluding hydrogens is 695 g/mol. The summed E-state index contributed by atoms with van der Waals surface area (Å²) >= 11 is 0. The molecular formula is C36H44Cl2O12. The Morgan fingerprint density at radius 2 is 0.660 bits per heavy atom. The second-order valence-corrected chi connectivity index (χ2v) is 13.3. The Hall–Kier alpha value is -3.14. The summed E-state index contributed by atoms with van der Waals surface area (Å²) in [6, 6.07) is 8.43. The number of fused-ring (bicyclic) bond motifs is 8. The van der Waals surface area contributed by atoms with Gasteiger partial charge in [0.2, 0.25) is 0 Å². The van der Waals surface area contributed by atoms with Gasteiger partial charge in [-0.3, -0.25) is 0 Å². The predicted molar refractivity (Wildman–Crippen MR) is 167 cm³/mol. The highest BCUT2D eigenvalue weighted by Crippen LogP contribution is 2.34. The molecule has 0 unspecified atom stereocenters. The molecule has 0 amide bonds. The molecule has 3 aromatic heterocycles. The summed E-state index contributed by atoms with van der Waals surface area (Å²) in [5, 5.41) is 0. The zero-order chi connectivity index (χ0) is 36.9. The molecule has 14 heteroatoms. The first kappa shape index (κ1) is 41.3. The van der Waals surface area contributed by atoms with E-state index >= 15 is 0 Å². The van der Waals surface area contributed by atoms with Crippen molar-refractivity contribution in [3.05, 3.63) is 69.6 Å². The van der Waals surface area contributed by atoms with Gasteiger partial charge in [0.15, 0.2) is 5.56 Å². The first-order valence-corrected chi connectivity index (χ1v) is 19.2. The van der Waals surface area contributed by atoms with Crippen LogP contribution in [0.3, 0.4) is 0 Å². The normalized spacial score (nSPS) is 12.4. The van der Waals surface area contributed by atoms with Crippen molar-refractivity contribution < 1.29 is 75.4 Å². The second kappa shape index (κ2) is 19.5. The summed E-state index contributed by atoms with van der Waals surface area (Å²) in [7, 11) is -9.89. The van der Waals surface area contributed by atoms with E-state index in [1.807, 2.05) is 0 Å². The lowest BCUT2D eigenvalue weighted by Crippen LogP contribution is -2.68. The third-order valence-electron chi connectivity index (χ3n) is 7.92. The number of hydrogen-bond donors (Lipinski definition) is 0. The van der Waals surface area contributed by atoms with E-state index in [0.717, 1.165) is 145 Å². The molecule has 12 nitrogen and oxygen atoms in total. The maximum absolute atomic E-state index is 8.49. The monoisotopic (exact) mass is 738 g/mol. The van der Waals surface area contributed by atoms with Crippen LogP contribution in [0.15, 0.2) is 41.9 Å². The Kier molecular flexibility index (Phi) is 16.1. The van der Waals surface area contributed by atoms with Gasteiger partial charge in [-0.15, -0.1) is 20.5 Å². The average molecular weight is 740 g/mol. The number of rotatable bonds is 12. The van der Waals surface area contributed by atoms with Gasteiger partial charge in [0.05, 0.1) is 35.4 Å². The van der Waals surface area contributed by atoms with Crippen LogP contribution in [0, 0.1) is 20.5 Å². The number of hydrogen-bond acceptors (Lipinski definition) is 10. The van der Waals surface area contributed by atoms with Crippen LogP contribution in [0.5, 0.6) is 0 Å². The van der Waals surface area contributed by atoms with E-state index in [9.17, 15) is 0 Å². The number of halogens is 2. The molecule has 0 aliphatic carbocycles. The first-order valence-electron chi connectivity index (χ1n) is 16.8.